The predicted octanol–water partition coefficient (Wildman–Crippen LogP) is 3.90. The zero-order valence-corrected chi connectivity index (χ0v) is 13.8. The van der Waals surface area contributed by atoms with Crippen LogP contribution in [0, 0.1) is 5.41 Å². The minimum absolute atomic E-state index is 0.170. The number of hydrogen-bond acceptors (Lipinski definition) is 3. The van der Waals surface area contributed by atoms with Gasteiger partial charge in [-0.25, -0.2) is 0 Å². The van der Waals surface area contributed by atoms with Gasteiger partial charge in [0.25, 0.3) is 0 Å². The van der Waals surface area contributed by atoms with Crippen LogP contribution < -0.4 is 9.64 Å². The van der Waals surface area contributed by atoms with Crippen LogP contribution in [0.5, 0.6) is 5.75 Å². The molecule has 1 aromatic rings. The van der Waals surface area contributed by atoms with E-state index < -0.39 is 6.36 Å². The molecule has 0 unspecified atom stereocenters. The normalized spacial score (nSPS) is 21.6. The van der Waals surface area contributed by atoms with E-state index in [0.717, 1.165) is 31.9 Å². The van der Waals surface area contributed by atoms with Crippen molar-refractivity contribution in [1.29, 1.82) is 0 Å². The fourth-order valence-corrected chi connectivity index (χ4v) is 3.57. The van der Waals surface area contributed by atoms with Crippen molar-refractivity contribution in [2.75, 3.05) is 31.1 Å². The highest BCUT2D eigenvalue weighted by Crippen LogP contribution is 2.43. The third-order valence-electron chi connectivity index (χ3n) is 4.87. The Bertz CT molecular complexity index is 557. The number of rotatable bonds is 2. The van der Waals surface area contributed by atoms with Crippen LogP contribution in [-0.2, 0) is 0 Å². The van der Waals surface area contributed by atoms with Crippen LogP contribution in [0.2, 0.25) is 0 Å². The van der Waals surface area contributed by atoms with Crippen LogP contribution >= 0.6 is 0 Å². The fraction of sp³-hybridized carbons (Fsp3) is 0.647. The van der Waals surface area contributed by atoms with Gasteiger partial charge in [0, 0.05) is 36.3 Å². The first-order valence-corrected chi connectivity index (χ1v) is 7.92. The first-order chi connectivity index (χ1) is 10.6. The molecule has 0 aliphatic carbocycles. The SMILES string of the molecule is CC(C)(C)N1CCC2(CN(c3ccc(OC(F)(F)F)cc3)C2)C1. The van der Waals surface area contributed by atoms with Gasteiger partial charge in [-0.1, -0.05) is 0 Å². The molecule has 2 heterocycles. The Morgan fingerprint density at radius 2 is 1.61 bits per heavy atom. The predicted molar refractivity (Wildman–Crippen MR) is 83.7 cm³/mol. The third-order valence-corrected chi connectivity index (χ3v) is 4.87. The molecule has 0 atom stereocenters. The lowest BCUT2D eigenvalue weighted by Gasteiger charge is -2.50. The molecule has 0 aromatic heterocycles. The van der Waals surface area contributed by atoms with Gasteiger partial charge in [-0.15, -0.1) is 13.2 Å². The summed E-state index contributed by atoms with van der Waals surface area (Å²) in [5.74, 6) is -0.170. The van der Waals surface area contributed by atoms with Crippen LogP contribution in [0.3, 0.4) is 0 Å². The first kappa shape index (κ1) is 16.4. The summed E-state index contributed by atoms with van der Waals surface area (Å²) in [5, 5.41) is 0. The largest absolute Gasteiger partial charge is 0.573 e. The highest BCUT2D eigenvalue weighted by atomic mass is 19.4. The second kappa shape index (κ2) is 5.30. The summed E-state index contributed by atoms with van der Waals surface area (Å²) in [6, 6.07) is 6.16. The molecule has 0 saturated carbocycles. The van der Waals surface area contributed by atoms with Gasteiger partial charge in [0.1, 0.15) is 5.75 Å². The Balaban J connectivity index is 1.58. The van der Waals surface area contributed by atoms with E-state index in [-0.39, 0.29) is 11.3 Å². The standard InChI is InChI=1S/C17H23F3N2O/c1-15(2,3)22-9-8-16(12-22)10-21(11-16)13-4-6-14(7-5-13)23-17(18,19)20/h4-7H,8-12H2,1-3H3. The van der Waals surface area contributed by atoms with Crippen molar-refractivity contribution in [2.45, 2.75) is 39.1 Å². The first-order valence-electron chi connectivity index (χ1n) is 7.92. The maximum atomic E-state index is 12.2. The molecule has 2 fully saturated rings. The van der Waals surface area contributed by atoms with E-state index in [1.54, 1.807) is 12.1 Å². The van der Waals surface area contributed by atoms with Crippen molar-refractivity contribution in [3.05, 3.63) is 24.3 Å². The highest BCUT2D eigenvalue weighted by molar-refractivity contribution is 5.52. The second-order valence-corrected chi connectivity index (χ2v) is 7.74. The molecule has 2 aliphatic rings. The zero-order chi connectivity index (χ0) is 16.9. The number of hydrogen-bond donors (Lipinski definition) is 0. The van der Waals surface area contributed by atoms with Crippen molar-refractivity contribution in [3.63, 3.8) is 0 Å². The van der Waals surface area contributed by atoms with Gasteiger partial charge in [0.05, 0.1) is 0 Å². The van der Waals surface area contributed by atoms with E-state index in [1.807, 2.05) is 0 Å². The van der Waals surface area contributed by atoms with Crippen molar-refractivity contribution >= 4 is 5.69 Å². The van der Waals surface area contributed by atoms with Crippen molar-refractivity contribution < 1.29 is 17.9 Å². The van der Waals surface area contributed by atoms with Crippen LogP contribution in [0.25, 0.3) is 0 Å². The molecule has 0 N–H and O–H groups in total. The average Bonchev–Trinajstić information content (AvgIpc) is 2.81. The van der Waals surface area contributed by atoms with Gasteiger partial charge < -0.3 is 9.64 Å². The summed E-state index contributed by atoms with van der Waals surface area (Å²) < 4.78 is 40.4. The maximum Gasteiger partial charge on any atom is 0.573 e. The van der Waals surface area contributed by atoms with Crippen molar-refractivity contribution in [1.82, 2.24) is 4.90 Å². The molecule has 23 heavy (non-hydrogen) atoms. The molecule has 128 valence electrons. The minimum Gasteiger partial charge on any atom is -0.406 e. The number of alkyl halides is 3. The van der Waals surface area contributed by atoms with Crippen molar-refractivity contribution in [3.8, 4) is 5.75 Å². The lowest BCUT2D eigenvalue weighted by molar-refractivity contribution is -0.274. The molecule has 6 heteroatoms. The Morgan fingerprint density at radius 3 is 2.09 bits per heavy atom. The van der Waals surface area contributed by atoms with Crippen LogP contribution in [-0.4, -0.2) is 43.0 Å². The smallest absolute Gasteiger partial charge is 0.406 e. The molecule has 0 bridgehead atoms. The number of benzene rings is 1. The summed E-state index contributed by atoms with van der Waals surface area (Å²) in [7, 11) is 0. The topological polar surface area (TPSA) is 15.7 Å². The van der Waals surface area contributed by atoms with Gasteiger partial charge in [0.2, 0.25) is 0 Å². The second-order valence-electron chi connectivity index (χ2n) is 7.74. The van der Waals surface area contributed by atoms with Gasteiger partial charge in [-0.05, 0) is 58.0 Å². The van der Waals surface area contributed by atoms with Crippen LogP contribution in [0.4, 0.5) is 18.9 Å². The number of anilines is 1. The van der Waals surface area contributed by atoms with Crippen LogP contribution in [0.15, 0.2) is 24.3 Å². The summed E-state index contributed by atoms with van der Waals surface area (Å²) in [6.07, 6.45) is -3.45. The van der Waals surface area contributed by atoms with E-state index >= 15 is 0 Å². The molecule has 1 spiro atoms. The van der Waals surface area contributed by atoms with E-state index in [9.17, 15) is 13.2 Å². The summed E-state index contributed by atoms with van der Waals surface area (Å²) in [5.41, 5.74) is 1.49. The van der Waals surface area contributed by atoms with Crippen LogP contribution in [0.1, 0.15) is 27.2 Å². The Labute approximate surface area is 135 Å². The fourth-order valence-electron chi connectivity index (χ4n) is 3.57. The highest BCUT2D eigenvalue weighted by Gasteiger charge is 2.49. The molecule has 0 radical (unpaired) electrons. The Kier molecular flexibility index (Phi) is 3.78. The summed E-state index contributed by atoms with van der Waals surface area (Å²) in [6.45, 7) is 10.9. The number of halogens is 3. The molecule has 2 saturated heterocycles. The van der Waals surface area contributed by atoms with E-state index in [4.69, 9.17) is 0 Å². The molecular formula is C17H23F3N2O. The number of nitrogens with zero attached hydrogens (tertiary/aromatic N) is 2. The van der Waals surface area contributed by atoms with E-state index in [2.05, 4.69) is 35.3 Å². The van der Waals surface area contributed by atoms with Crippen molar-refractivity contribution in [2.24, 2.45) is 5.41 Å². The maximum absolute atomic E-state index is 12.2. The molecule has 2 aliphatic heterocycles. The molecule has 3 rings (SSSR count). The third kappa shape index (κ3) is 3.57. The number of ether oxygens (including phenoxy) is 1. The molecular weight excluding hydrogens is 305 g/mol. The summed E-state index contributed by atoms with van der Waals surface area (Å²) in [4.78, 5) is 4.74. The van der Waals surface area contributed by atoms with Gasteiger partial charge >= 0.3 is 6.36 Å². The average molecular weight is 328 g/mol. The minimum atomic E-state index is -4.64. The zero-order valence-electron chi connectivity index (χ0n) is 13.8. The molecule has 0 amide bonds. The van der Waals surface area contributed by atoms with Gasteiger partial charge in [0.15, 0.2) is 0 Å². The Hall–Kier alpha value is -1.43. The van der Waals surface area contributed by atoms with E-state index in [1.165, 1.54) is 18.6 Å². The van der Waals surface area contributed by atoms with Gasteiger partial charge in [-0.2, -0.15) is 0 Å². The van der Waals surface area contributed by atoms with E-state index in [0.29, 0.717) is 5.41 Å². The molecule has 3 nitrogen and oxygen atoms in total. The monoisotopic (exact) mass is 328 g/mol. The lowest BCUT2D eigenvalue weighted by Crippen LogP contribution is -2.58. The molecule has 1 aromatic carbocycles. The number of likely N-dealkylation sites (tertiary alicyclic amines) is 1. The summed E-state index contributed by atoms with van der Waals surface area (Å²) >= 11 is 0. The lowest BCUT2D eigenvalue weighted by atomic mass is 9.78. The quantitative estimate of drug-likeness (QED) is 0.819. The van der Waals surface area contributed by atoms with Gasteiger partial charge in [-0.3, -0.25) is 4.90 Å². The Morgan fingerprint density at radius 1 is 1.00 bits per heavy atom.